The Morgan fingerprint density at radius 1 is 1.56 bits per heavy atom. The predicted octanol–water partition coefficient (Wildman–Crippen LogP) is 2.63. The Labute approximate surface area is 99.2 Å². The first-order valence-corrected chi connectivity index (χ1v) is 5.30. The van der Waals surface area contributed by atoms with Crippen LogP contribution in [0.1, 0.15) is 12.8 Å². The van der Waals surface area contributed by atoms with E-state index in [1.54, 1.807) is 19.2 Å². The van der Waals surface area contributed by atoms with Crippen molar-refractivity contribution in [3.05, 3.63) is 23.2 Å². The Kier molecular flexibility index (Phi) is 4.92. The van der Waals surface area contributed by atoms with Crippen molar-refractivity contribution in [1.29, 1.82) is 0 Å². The number of nitrogens with one attached hydrogen (secondary N) is 1. The number of hydrogen-bond acceptors (Lipinski definition) is 3. The van der Waals surface area contributed by atoms with Crippen LogP contribution in [0.5, 0.6) is 5.75 Å². The Morgan fingerprint density at radius 2 is 2.31 bits per heavy atom. The van der Waals surface area contributed by atoms with Gasteiger partial charge < -0.3 is 15.2 Å². The summed E-state index contributed by atoms with van der Waals surface area (Å²) < 4.78 is 5.02. The third-order valence-electron chi connectivity index (χ3n) is 2.05. The van der Waals surface area contributed by atoms with Crippen molar-refractivity contribution in [2.45, 2.75) is 12.8 Å². The smallest absolute Gasteiger partial charge is 0.303 e. The third-order valence-corrected chi connectivity index (χ3v) is 2.34. The molecule has 1 aromatic rings. The molecule has 16 heavy (non-hydrogen) atoms. The van der Waals surface area contributed by atoms with Crippen molar-refractivity contribution in [2.75, 3.05) is 19.0 Å². The van der Waals surface area contributed by atoms with Crippen LogP contribution >= 0.6 is 11.6 Å². The molecule has 0 saturated carbocycles. The minimum atomic E-state index is -0.783. The van der Waals surface area contributed by atoms with Crippen LogP contribution < -0.4 is 10.1 Å². The van der Waals surface area contributed by atoms with Crippen molar-refractivity contribution < 1.29 is 14.6 Å². The highest BCUT2D eigenvalue weighted by atomic mass is 35.5. The maximum atomic E-state index is 10.3. The predicted molar refractivity (Wildman–Crippen MR) is 63.4 cm³/mol. The van der Waals surface area contributed by atoms with E-state index >= 15 is 0 Å². The molecule has 0 aliphatic heterocycles. The number of carboxylic acids is 1. The van der Waals surface area contributed by atoms with Crippen LogP contribution in [0.3, 0.4) is 0 Å². The summed E-state index contributed by atoms with van der Waals surface area (Å²) in [6.07, 6.45) is 0.746. The fourth-order valence-electron chi connectivity index (χ4n) is 1.25. The zero-order chi connectivity index (χ0) is 12.0. The summed E-state index contributed by atoms with van der Waals surface area (Å²) in [5, 5.41) is 12.1. The fraction of sp³-hybridized carbons (Fsp3) is 0.364. The van der Waals surface area contributed by atoms with E-state index in [-0.39, 0.29) is 6.42 Å². The lowest BCUT2D eigenvalue weighted by Gasteiger charge is -2.08. The van der Waals surface area contributed by atoms with Crippen LogP contribution in [-0.2, 0) is 4.79 Å². The minimum Gasteiger partial charge on any atom is -0.495 e. The highest BCUT2D eigenvalue weighted by molar-refractivity contribution is 6.32. The first kappa shape index (κ1) is 12.6. The molecule has 1 rings (SSSR count). The molecule has 0 atom stereocenters. The molecule has 0 aliphatic carbocycles. The number of anilines is 1. The Balaban J connectivity index is 2.43. The molecular formula is C11H14ClNO3. The SMILES string of the molecule is COc1ccc(NCCCC(=O)O)cc1Cl. The molecule has 0 unspecified atom stereocenters. The van der Waals surface area contributed by atoms with Gasteiger partial charge in [-0.3, -0.25) is 4.79 Å². The highest BCUT2D eigenvalue weighted by Crippen LogP contribution is 2.27. The van der Waals surface area contributed by atoms with Gasteiger partial charge in [0.15, 0.2) is 0 Å². The van der Waals surface area contributed by atoms with Gasteiger partial charge in [-0.15, -0.1) is 0 Å². The summed E-state index contributed by atoms with van der Waals surface area (Å²) >= 11 is 5.93. The molecule has 0 aromatic heterocycles. The number of benzene rings is 1. The summed E-state index contributed by atoms with van der Waals surface area (Å²) in [5.41, 5.74) is 0.858. The number of halogens is 1. The van der Waals surface area contributed by atoms with Crippen LogP contribution in [0.2, 0.25) is 5.02 Å². The Morgan fingerprint density at radius 3 is 2.88 bits per heavy atom. The quantitative estimate of drug-likeness (QED) is 0.754. The number of carboxylic acid groups (broad SMARTS) is 1. The standard InChI is InChI=1S/C11H14ClNO3/c1-16-10-5-4-8(7-9(10)12)13-6-2-3-11(14)15/h4-5,7,13H,2-3,6H2,1H3,(H,14,15). The number of ether oxygens (including phenoxy) is 1. The number of aliphatic carboxylic acids is 1. The topological polar surface area (TPSA) is 58.6 Å². The van der Waals surface area contributed by atoms with Gasteiger partial charge in [-0.1, -0.05) is 11.6 Å². The number of methoxy groups -OCH3 is 1. The van der Waals surface area contributed by atoms with E-state index in [9.17, 15) is 4.79 Å². The lowest BCUT2D eigenvalue weighted by molar-refractivity contribution is -0.137. The van der Waals surface area contributed by atoms with E-state index in [0.717, 1.165) is 5.69 Å². The van der Waals surface area contributed by atoms with Gasteiger partial charge in [0.1, 0.15) is 5.75 Å². The highest BCUT2D eigenvalue weighted by Gasteiger charge is 2.01. The van der Waals surface area contributed by atoms with E-state index in [1.165, 1.54) is 0 Å². The van der Waals surface area contributed by atoms with Crippen molar-refractivity contribution >= 4 is 23.3 Å². The molecule has 1 aromatic carbocycles. The van der Waals surface area contributed by atoms with Gasteiger partial charge in [0, 0.05) is 18.7 Å². The fourth-order valence-corrected chi connectivity index (χ4v) is 1.51. The van der Waals surface area contributed by atoms with Crippen molar-refractivity contribution in [1.82, 2.24) is 0 Å². The first-order valence-electron chi connectivity index (χ1n) is 4.92. The molecule has 0 bridgehead atoms. The number of carbonyl (C=O) groups is 1. The number of rotatable bonds is 6. The van der Waals surface area contributed by atoms with E-state index in [4.69, 9.17) is 21.4 Å². The summed E-state index contributed by atoms with van der Waals surface area (Å²) in [7, 11) is 1.56. The Bertz CT molecular complexity index is 368. The third kappa shape index (κ3) is 3.98. The second-order valence-electron chi connectivity index (χ2n) is 3.27. The average molecular weight is 244 g/mol. The Hall–Kier alpha value is -1.42. The summed E-state index contributed by atoms with van der Waals surface area (Å²) in [6.45, 7) is 0.606. The van der Waals surface area contributed by atoms with Gasteiger partial charge in [0.05, 0.1) is 12.1 Å². The molecule has 88 valence electrons. The molecule has 0 fully saturated rings. The van der Waals surface area contributed by atoms with E-state index in [0.29, 0.717) is 23.7 Å². The van der Waals surface area contributed by atoms with Gasteiger partial charge in [0.25, 0.3) is 0 Å². The van der Waals surface area contributed by atoms with Crippen LogP contribution in [0.15, 0.2) is 18.2 Å². The first-order chi connectivity index (χ1) is 7.63. The van der Waals surface area contributed by atoms with E-state index in [2.05, 4.69) is 5.32 Å². The second kappa shape index (κ2) is 6.23. The maximum Gasteiger partial charge on any atom is 0.303 e. The molecule has 0 saturated heterocycles. The summed E-state index contributed by atoms with van der Waals surface area (Å²) in [5.74, 6) is -0.160. The molecule has 0 spiro atoms. The molecule has 0 amide bonds. The lowest BCUT2D eigenvalue weighted by atomic mass is 10.2. The van der Waals surface area contributed by atoms with Crippen LogP contribution in [-0.4, -0.2) is 24.7 Å². The maximum absolute atomic E-state index is 10.3. The van der Waals surface area contributed by atoms with Crippen molar-refractivity contribution in [2.24, 2.45) is 0 Å². The minimum absolute atomic E-state index is 0.164. The van der Waals surface area contributed by atoms with Gasteiger partial charge in [-0.2, -0.15) is 0 Å². The van der Waals surface area contributed by atoms with Crippen molar-refractivity contribution in [3.63, 3.8) is 0 Å². The van der Waals surface area contributed by atoms with Crippen molar-refractivity contribution in [3.8, 4) is 5.75 Å². The summed E-state index contributed by atoms with van der Waals surface area (Å²) in [4.78, 5) is 10.3. The molecular weight excluding hydrogens is 230 g/mol. The van der Waals surface area contributed by atoms with E-state index in [1.807, 2.05) is 6.07 Å². The monoisotopic (exact) mass is 243 g/mol. The van der Waals surface area contributed by atoms with Crippen LogP contribution in [0.25, 0.3) is 0 Å². The van der Waals surface area contributed by atoms with Gasteiger partial charge in [-0.25, -0.2) is 0 Å². The zero-order valence-corrected chi connectivity index (χ0v) is 9.75. The second-order valence-corrected chi connectivity index (χ2v) is 3.68. The molecule has 0 aliphatic rings. The van der Waals surface area contributed by atoms with Gasteiger partial charge in [0.2, 0.25) is 0 Å². The van der Waals surface area contributed by atoms with Gasteiger partial charge in [-0.05, 0) is 24.6 Å². The molecule has 4 nitrogen and oxygen atoms in total. The molecule has 0 heterocycles. The molecule has 0 radical (unpaired) electrons. The summed E-state index contributed by atoms with van der Waals surface area (Å²) in [6, 6.07) is 5.36. The van der Waals surface area contributed by atoms with Crippen LogP contribution in [0, 0.1) is 0 Å². The molecule has 2 N–H and O–H groups in total. The molecule has 5 heteroatoms. The van der Waals surface area contributed by atoms with Crippen LogP contribution in [0.4, 0.5) is 5.69 Å². The van der Waals surface area contributed by atoms with Gasteiger partial charge >= 0.3 is 5.97 Å². The van der Waals surface area contributed by atoms with E-state index < -0.39 is 5.97 Å². The normalized spacial score (nSPS) is 9.88. The largest absolute Gasteiger partial charge is 0.495 e. The average Bonchev–Trinajstić information content (AvgIpc) is 2.24. The lowest BCUT2D eigenvalue weighted by Crippen LogP contribution is -2.04. The zero-order valence-electron chi connectivity index (χ0n) is 9.00. The number of hydrogen-bond donors (Lipinski definition) is 2.